The molecule has 6 nitrogen and oxygen atoms in total. The van der Waals surface area contributed by atoms with Crippen LogP contribution in [0.25, 0.3) is 23.1 Å². The fraction of sp³-hybridized carbons (Fsp3) is 0. The maximum absolute atomic E-state index is 14.4. The first-order valence-electron chi connectivity index (χ1n) is 8.61. The first-order valence-corrected chi connectivity index (χ1v) is 8.61. The van der Waals surface area contributed by atoms with Gasteiger partial charge in [-0.2, -0.15) is 5.10 Å². The second-order valence-corrected chi connectivity index (χ2v) is 6.25. The van der Waals surface area contributed by atoms with Crippen LogP contribution in [0.1, 0.15) is 21.7 Å². The number of pyridine rings is 1. The van der Waals surface area contributed by atoms with Gasteiger partial charge in [0, 0.05) is 17.5 Å². The number of fused-ring (bicyclic) bond motifs is 1. The van der Waals surface area contributed by atoms with Crippen molar-refractivity contribution in [3.05, 3.63) is 93.5 Å². The number of amides is 1. The minimum Gasteiger partial charge on any atom is -0.318 e. The number of H-pyrrole nitrogens is 2. The standard InChI is InChI=1S/C21H14F2N4O2/c22-13-7-4-12(5-8-13)6-9-16-14-10-19(15(23)11-18(14)27-26-16)25-21(29)17-2-1-3-20(28)24-17/h1-11H,(H,24,28)(H,25,29)(H,26,27). The topological polar surface area (TPSA) is 90.6 Å². The molecule has 4 aromatic rings. The molecule has 0 saturated heterocycles. The fourth-order valence-corrected chi connectivity index (χ4v) is 2.80. The van der Waals surface area contributed by atoms with Gasteiger partial charge in [-0.05, 0) is 35.9 Å². The van der Waals surface area contributed by atoms with Crippen LogP contribution >= 0.6 is 0 Å². The Morgan fingerprint density at radius 1 is 1.03 bits per heavy atom. The minimum absolute atomic E-state index is 0.0145. The van der Waals surface area contributed by atoms with Crippen LogP contribution < -0.4 is 10.9 Å². The van der Waals surface area contributed by atoms with E-state index in [1.165, 1.54) is 42.5 Å². The number of carbonyl (C=O) groups excluding carboxylic acids is 1. The quantitative estimate of drug-likeness (QED) is 0.491. The van der Waals surface area contributed by atoms with Crippen molar-refractivity contribution in [2.75, 3.05) is 5.32 Å². The highest BCUT2D eigenvalue weighted by Crippen LogP contribution is 2.25. The monoisotopic (exact) mass is 392 g/mol. The lowest BCUT2D eigenvalue weighted by Crippen LogP contribution is -2.18. The Balaban J connectivity index is 1.64. The second kappa shape index (κ2) is 7.51. The van der Waals surface area contributed by atoms with Crippen LogP contribution in [0.4, 0.5) is 14.5 Å². The van der Waals surface area contributed by atoms with Gasteiger partial charge in [0.1, 0.15) is 17.3 Å². The van der Waals surface area contributed by atoms with E-state index in [0.717, 1.165) is 5.56 Å². The number of aromatic amines is 2. The summed E-state index contributed by atoms with van der Waals surface area (Å²) in [6, 6.07) is 12.7. The number of nitrogens with zero attached hydrogens (tertiary/aromatic N) is 1. The molecule has 0 atom stereocenters. The highest BCUT2D eigenvalue weighted by Gasteiger charge is 2.13. The van der Waals surface area contributed by atoms with Gasteiger partial charge in [-0.3, -0.25) is 14.7 Å². The summed E-state index contributed by atoms with van der Waals surface area (Å²) in [7, 11) is 0. The van der Waals surface area contributed by atoms with E-state index in [9.17, 15) is 18.4 Å². The van der Waals surface area contributed by atoms with Crippen molar-refractivity contribution >= 4 is 34.6 Å². The normalized spacial score (nSPS) is 11.2. The van der Waals surface area contributed by atoms with Gasteiger partial charge in [0.2, 0.25) is 5.56 Å². The van der Waals surface area contributed by atoms with Crippen LogP contribution in [0.2, 0.25) is 0 Å². The molecule has 3 N–H and O–H groups in total. The number of aromatic nitrogens is 3. The second-order valence-electron chi connectivity index (χ2n) is 6.25. The van der Waals surface area contributed by atoms with Gasteiger partial charge in [-0.1, -0.05) is 24.3 Å². The molecule has 1 amide bonds. The largest absolute Gasteiger partial charge is 0.318 e. The van der Waals surface area contributed by atoms with E-state index in [0.29, 0.717) is 16.6 Å². The minimum atomic E-state index is -0.651. The molecular weight excluding hydrogens is 378 g/mol. The van der Waals surface area contributed by atoms with Gasteiger partial charge in [0.15, 0.2) is 0 Å². The molecule has 0 radical (unpaired) electrons. The van der Waals surface area contributed by atoms with E-state index < -0.39 is 17.3 Å². The number of hydrogen-bond donors (Lipinski definition) is 3. The molecule has 2 heterocycles. The van der Waals surface area contributed by atoms with E-state index in [4.69, 9.17) is 0 Å². The number of hydrogen-bond acceptors (Lipinski definition) is 3. The molecule has 8 heteroatoms. The van der Waals surface area contributed by atoms with Crippen LogP contribution in [0, 0.1) is 11.6 Å². The molecular formula is C21H14F2N4O2. The summed E-state index contributed by atoms with van der Waals surface area (Å²) in [6.45, 7) is 0. The predicted octanol–water partition coefficient (Wildman–Crippen LogP) is 3.95. The Kier molecular flexibility index (Phi) is 4.74. The summed E-state index contributed by atoms with van der Waals surface area (Å²) in [5.41, 5.74) is 1.27. The zero-order valence-corrected chi connectivity index (χ0v) is 14.9. The van der Waals surface area contributed by atoms with E-state index in [1.54, 1.807) is 24.3 Å². The average molecular weight is 392 g/mol. The number of anilines is 1. The van der Waals surface area contributed by atoms with E-state index in [1.807, 2.05) is 0 Å². The average Bonchev–Trinajstić information content (AvgIpc) is 3.09. The van der Waals surface area contributed by atoms with Gasteiger partial charge in [0.25, 0.3) is 5.91 Å². The molecule has 2 aromatic carbocycles. The summed E-state index contributed by atoms with van der Waals surface area (Å²) < 4.78 is 27.4. The van der Waals surface area contributed by atoms with Crippen molar-refractivity contribution in [2.45, 2.75) is 0 Å². The number of rotatable bonds is 4. The summed E-state index contributed by atoms with van der Waals surface area (Å²) in [6.07, 6.45) is 3.44. The predicted molar refractivity (Wildman–Crippen MR) is 106 cm³/mol. The molecule has 4 rings (SSSR count). The van der Waals surface area contributed by atoms with Crippen molar-refractivity contribution in [3.63, 3.8) is 0 Å². The van der Waals surface area contributed by atoms with Gasteiger partial charge in [-0.15, -0.1) is 0 Å². The highest BCUT2D eigenvalue weighted by atomic mass is 19.1. The van der Waals surface area contributed by atoms with Crippen molar-refractivity contribution in [1.82, 2.24) is 15.2 Å². The lowest BCUT2D eigenvalue weighted by atomic mass is 10.1. The molecule has 0 aliphatic carbocycles. The van der Waals surface area contributed by atoms with Crippen LogP contribution in [-0.4, -0.2) is 21.1 Å². The van der Waals surface area contributed by atoms with Gasteiger partial charge < -0.3 is 10.3 Å². The van der Waals surface area contributed by atoms with Crippen LogP contribution in [0.15, 0.2) is 59.4 Å². The van der Waals surface area contributed by atoms with Gasteiger partial charge in [0.05, 0.1) is 16.9 Å². The first-order chi connectivity index (χ1) is 14.0. The Labute approximate surface area is 162 Å². The molecule has 0 bridgehead atoms. The maximum Gasteiger partial charge on any atom is 0.272 e. The highest BCUT2D eigenvalue weighted by molar-refractivity contribution is 6.04. The van der Waals surface area contributed by atoms with Gasteiger partial charge >= 0.3 is 0 Å². The Morgan fingerprint density at radius 3 is 2.59 bits per heavy atom. The van der Waals surface area contributed by atoms with Crippen LogP contribution in [-0.2, 0) is 0 Å². The lowest BCUT2D eigenvalue weighted by molar-refractivity contribution is 0.102. The Morgan fingerprint density at radius 2 is 1.83 bits per heavy atom. The van der Waals surface area contributed by atoms with Crippen LogP contribution in [0.3, 0.4) is 0 Å². The summed E-state index contributed by atoms with van der Waals surface area (Å²) in [5.74, 6) is -1.63. The van der Waals surface area contributed by atoms with E-state index in [2.05, 4.69) is 20.5 Å². The Hall–Kier alpha value is -4.07. The van der Waals surface area contributed by atoms with Crippen molar-refractivity contribution < 1.29 is 13.6 Å². The first kappa shape index (κ1) is 18.3. The van der Waals surface area contributed by atoms with Gasteiger partial charge in [-0.25, -0.2) is 8.78 Å². The summed E-state index contributed by atoms with van der Waals surface area (Å²) in [4.78, 5) is 26.0. The molecule has 0 spiro atoms. The number of halogens is 2. The zero-order valence-electron chi connectivity index (χ0n) is 14.9. The molecule has 0 fully saturated rings. The third-order valence-corrected chi connectivity index (χ3v) is 4.24. The summed E-state index contributed by atoms with van der Waals surface area (Å²) in [5, 5.41) is 9.92. The molecule has 0 aliphatic rings. The zero-order chi connectivity index (χ0) is 20.4. The Bertz CT molecular complexity index is 1290. The third kappa shape index (κ3) is 3.96. The van der Waals surface area contributed by atoms with Crippen molar-refractivity contribution in [2.24, 2.45) is 0 Å². The molecule has 144 valence electrons. The summed E-state index contributed by atoms with van der Waals surface area (Å²) >= 11 is 0. The smallest absolute Gasteiger partial charge is 0.272 e. The number of nitrogens with one attached hydrogen (secondary N) is 3. The molecule has 0 saturated carbocycles. The number of benzene rings is 2. The van der Waals surface area contributed by atoms with E-state index in [-0.39, 0.29) is 17.2 Å². The lowest BCUT2D eigenvalue weighted by Gasteiger charge is -2.06. The molecule has 0 unspecified atom stereocenters. The van der Waals surface area contributed by atoms with Crippen LogP contribution in [0.5, 0.6) is 0 Å². The third-order valence-electron chi connectivity index (χ3n) is 4.24. The molecule has 29 heavy (non-hydrogen) atoms. The fourth-order valence-electron chi connectivity index (χ4n) is 2.80. The SMILES string of the molecule is O=C(Nc1cc2c(C=Cc3ccc(F)cc3)n[nH]c2cc1F)c1cccc(=O)[nH]1. The van der Waals surface area contributed by atoms with Crippen molar-refractivity contribution in [1.29, 1.82) is 0 Å². The van der Waals surface area contributed by atoms with Crippen molar-refractivity contribution in [3.8, 4) is 0 Å². The number of carbonyl (C=O) groups is 1. The van der Waals surface area contributed by atoms with E-state index >= 15 is 0 Å². The molecule has 2 aromatic heterocycles. The molecule has 0 aliphatic heterocycles. The maximum atomic E-state index is 14.4.